The summed E-state index contributed by atoms with van der Waals surface area (Å²) in [5.41, 5.74) is 1.18. The molecule has 5 heteroatoms. The Kier molecular flexibility index (Phi) is 2.92. The van der Waals surface area contributed by atoms with Crippen LogP contribution < -0.4 is 9.80 Å². The van der Waals surface area contributed by atoms with Crippen molar-refractivity contribution in [2.24, 2.45) is 0 Å². The van der Waals surface area contributed by atoms with Crippen LogP contribution in [0.3, 0.4) is 0 Å². The number of rotatable bonds is 1. The van der Waals surface area contributed by atoms with Crippen molar-refractivity contribution in [1.82, 2.24) is 0 Å². The summed E-state index contributed by atoms with van der Waals surface area (Å²) in [4.78, 5) is 15.3. The lowest BCUT2D eigenvalue weighted by molar-refractivity contribution is -0.117. The summed E-state index contributed by atoms with van der Waals surface area (Å²) in [6, 6.07) is 9.42. The molecule has 0 fully saturated rings. The van der Waals surface area contributed by atoms with Gasteiger partial charge in [-0.05, 0) is 32.0 Å². The summed E-state index contributed by atoms with van der Waals surface area (Å²) in [5.74, 6) is -0.0917. The van der Waals surface area contributed by atoms with Crippen LogP contribution in [0.15, 0.2) is 18.2 Å². The van der Waals surface area contributed by atoms with Crippen LogP contribution in [0.4, 0.5) is 11.4 Å². The van der Waals surface area contributed by atoms with Crippen LogP contribution in [0.1, 0.15) is 19.4 Å². The Labute approximate surface area is 112 Å². The van der Waals surface area contributed by atoms with E-state index in [9.17, 15) is 10.1 Å². The molecular formula is C14H14N4O. The summed E-state index contributed by atoms with van der Waals surface area (Å²) in [7, 11) is 1.68. The van der Waals surface area contributed by atoms with Crippen LogP contribution in [0, 0.1) is 22.7 Å². The Morgan fingerprint density at radius 1 is 1.26 bits per heavy atom. The number of likely N-dealkylation sites (N-methyl/N-ethyl adjacent to an activating group) is 1. The molecule has 96 valence electrons. The van der Waals surface area contributed by atoms with E-state index in [1.54, 1.807) is 44.0 Å². The Morgan fingerprint density at radius 2 is 1.95 bits per heavy atom. The first-order chi connectivity index (χ1) is 8.90. The first-order valence-corrected chi connectivity index (χ1v) is 5.90. The molecule has 1 heterocycles. The van der Waals surface area contributed by atoms with Gasteiger partial charge in [0.05, 0.1) is 35.6 Å². The van der Waals surface area contributed by atoms with Crippen LogP contribution in [-0.4, -0.2) is 25.0 Å². The Balaban J connectivity index is 2.62. The maximum atomic E-state index is 12.0. The van der Waals surface area contributed by atoms with Gasteiger partial charge in [0.2, 0.25) is 5.91 Å². The lowest BCUT2D eigenvalue weighted by atomic mass is 10.00. The number of benzene rings is 1. The molecule has 0 aromatic heterocycles. The summed E-state index contributed by atoms with van der Waals surface area (Å²) >= 11 is 0. The zero-order valence-corrected chi connectivity index (χ0v) is 11.1. The Bertz CT molecular complexity index is 621. The van der Waals surface area contributed by atoms with Crippen LogP contribution in [0.2, 0.25) is 0 Å². The summed E-state index contributed by atoms with van der Waals surface area (Å²) in [6.45, 7) is 3.71. The highest BCUT2D eigenvalue weighted by molar-refractivity contribution is 6.03. The lowest BCUT2D eigenvalue weighted by Crippen LogP contribution is -2.52. The largest absolute Gasteiger partial charge is 0.343 e. The van der Waals surface area contributed by atoms with Gasteiger partial charge in [-0.15, -0.1) is 0 Å². The molecule has 5 nitrogen and oxygen atoms in total. The van der Waals surface area contributed by atoms with Crippen molar-refractivity contribution in [3.05, 3.63) is 23.8 Å². The molecule has 1 amide bonds. The summed E-state index contributed by atoms with van der Waals surface area (Å²) in [5, 5.41) is 18.2. The normalized spacial score (nSPS) is 14.7. The predicted molar refractivity (Wildman–Crippen MR) is 71.6 cm³/mol. The molecule has 0 N–H and O–H groups in total. The van der Waals surface area contributed by atoms with E-state index in [0.29, 0.717) is 11.3 Å². The molecule has 0 unspecified atom stereocenters. The van der Waals surface area contributed by atoms with Crippen LogP contribution in [0.25, 0.3) is 0 Å². The van der Waals surface area contributed by atoms with Crippen LogP contribution in [0.5, 0.6) is 0 Å². The van der Waals surface area contributed by atoms with Gasteiger partial charge < -0.3 is 9.80 Å². The van der Waals surface area contributed by atoms with Gasteiger partial charge in [-0.25, -0.2) is 0 Å². The van der Waals surface area contributed by atoms with Crippen LogP contribution in [-0.2, 0) is 4.79 Å². The third-order valence-electron chi connectivity index (χ3n) is 3.37. The van der Waals surface area contributed by atoms with Crippen molar-refractivity contribution in [3.63, 3.8) is 0 Å². The highest BCUT2D eigenvalue weighted by Crippen LogP contribution is 2.37. The van der Waals surface area contributed by atoms with E-state index in [1.807, 2.05) is 0 Å². The maximum absolute atomic E-state index is 12.0. The molecule has 1 aliphatic rings. The number of carbonyl (C=O) groups is 1. The number of nitriles is 2. The molecule has 1 aliphatic heterocycles. The minimum absolute atomic E-state index is 0.0917. The van der Waals surface area contributed by atoms with E-state index in [0.717, 1.165) is 5.69 Å². The van der Waals surface area contributed by atoms with Gasteiger partial charge in [-0.1, -0.05) is 0 Å². The van der Waals surface area contributed by atoms with Crippen molar-refractivity contribution in [1.29, 1.82) is 10.5 Å². The third kappa shape index (κ3) is 2.00. The molecule has 0 aliphatic carbocycles. The minimum atomic E-state index is -0.778. The number of amides is 1. The average molecular weight is 254 g/mol. The second kappa shape index (κ2) is 4.29. The quantitative estimate of drug-likeness (QED) is 0.763. The second-order valence-electron chi connectivity index (χ2n) is 5.03. The van der Waals surface area contributed by atoms with E-state index in [1.165, 1.54) is 4.90 Å². The molecule has 1 aromatic carbocycles. The van der Waals surface area contributed by atoms with Gasteiger partial charge in [-0.2, -0.15) is 10.5 Å². The molecule has 0 bridgehead atoms. The standard InChI is InChI=1S/C14H14N4O/c1-14(2,9-16)18-8-13(19)17(3)12-6-10(7-15)4-5-11(12)18/h4-6H,8H2,1-3H3. The monoisotopic (exact) mass is 254 g/mol. The fourth-order valence-electron chi connectivity index (χ4n) is 2.11. The fourth-order valence-corrected chi connectivity index (χ4v) is 2.11. The van der Waals surface area contributed by atoms with E-state index in [2.05, 4.69) is 12.1 Å². The van der Waals surface area contributed by atoms with Gasteiger partial charge in [0.25, 0.3) is 0 Å². The fraction of sp³-hybridized carbons (Fsp3) is 0.357. The number of fused-ring (bicyclic) bond motifs is 1. The second-order valence-corrected chi connectivity index (χ2v) is 5.03. The zero-order chi connectivity index (χ0) is 14.2. The van der Waals surface area contributed by atoms with Gasteiger partial charge in [0.15, 0.2) is 0 Å². The Hall–Kier alpha value is -2.53. The highest BCUT2D eigenvalue weighted by Gasteiger charge is 2.35. The van der Waals surface area contributed by atoms with Gasteiger partial charge in [-0.3, -0.25) is 4.79 Å². The molecule has 1 aromatic rings. The maximum Gasteiger partial charge on any atom is 0.246 e. The van der Waals surface area contributed by atoms with E-state index in [-0.39, 0.29) is 12.5 Å². The highest BCUT2D eigenvalue weighted by atomic mass is 16.2. The third-order valence-corrected chi connectivity index (χ3v) is 3.37. The molecule has 19 heavy (non-hydrogen) atoms. The number of hydrogen-bond acceptors (Lipinski definition) is 4. The Morgan fingerprint density at radius 3 is 2.53 bits per heavy atom. The minimum Gasteiger partial charge on any atom is -0.343 e. The number of anilines is 2. The van der Waals surface area contributed by atoms with Crippen molar-refractivity contribution < 1.29 is 4.79 Å². The topological polar surface area (TPSA) is 71.1 Å². The first-order valence-electron chi connectivity index (χ1n) is 5.90. The van der Waals surface area contributed by atoms with Crippen LogP contribution >= 0.6 is 0 Å². The molecule has 0 spiro atoms. The number of hydrogen-bond donors (Lipinski definition) is 0. The molecular weight excluding hydrogens is 240 g/mol. The van der Waals surface area contributed by atoms with Crippen molar-refractivity contribution in [3.8, 4) is 12.1 Å². The van der Waals surface area contributed by atoms with E-state index in [4.69, 9.17) is 5.26 Å². The average Bonchev–Trinajstić information content (AvgIpc) is 2.42. The van der Waals surface area contributed by atoms with E-state index < -0.39 is 5.54 Å². The smallest absolute Gasteiger partial charge is 0.246 e. The van der Waals surface area contributed by atoms with Crippen molar-refractivity contribution >= 4 is 17.3 Å². The number of carbonyl (C=O) groups excluding carboxylic acids is 1. The molecule has 0 saturated heterocycles. The SMILES string of the molecule is CN1C(=O)CN(C(C)(C)C#N)c2ccc(C#N)cc21. The van der Waals surface area contributed by atoms with Gasteiger partial charge >= 0.3 is 0 Å². The summed E-state index contributed by atoms with van der Waals surface area (Å²) in [6.07, 6.45) is 0. The molecule has 0 saturated carbocycles. The van der Waals surface area contributed by atoms with Gasteiger partial charge in [0.1, 0.15) is 5.54 Å². The van der Waals surface area contributed by atoms with E-state index >= 15 is 0 Å². The molecule has 0 radical (unpaired) electrons. The summed E-state index contributed by atoms with van der Waals surface area (Å²) < 4.78 is 0. The predicted octanol–water partition coefficient (Wildman–Crippen LogP) is 1.64. The lowest BCUT2D eigenvalue weighted by Gasteiger charge is -2.41. The first kappa shape index (κ1) is 12.9. The number of nitrogens with zero attached hydrogens (tertiary/aromatic N) is 4. The van der Waals surface area contributed by atoms with Crippen molar-refractivity contribution in [2.75, 3.05) is 23.4 Å². The molecule has 2 rings (SSSR count). The zero-order valence-electron chi connectivity index (χ0n) is 11.1. The van der Waals surface area contributed by atoms with Crippen molar-refractivity contribution in [2.45, 2.75) is 19.4 Å². The molecule has 0 atom stereocenters. The van der Waals surface area contributed by atoms with Gasteiger partial charge in [0, 0.05) is 7.05 Å².